The van der Waals surface area contributed by atoms with E-state index in [-0.39, 0.29) is 29.2 Å². The molecular weight excluding hydrogens is 284 g/mol. The monoisotopic (exact) mass is 310 g/mol. The Balaban J connectivity index is 2.38. The zero-order valence-corrected chi connectivity index (χ0v) is 14.3. The van der Waals surface area contributed by atoms with Crippen LogP contribution in [0.1, 0.15) is 27.7 Å². The SMILES string of the molecule is COC[C@H]1O[C@@H](C)C(OCSSC(C)(C)C)C1OC. The van der Waals surface area contributed by atoms with E-state index in [4.69, 9.17) is 18.9 Å². The average molecular weight is 310 g/mol. The van der Waals surface area contributed by atoms with Gasteiger partial charge in [0.15, 0.2) is 0 Å². The van der Waals surface area contributed by atoms with E-state index in [1.807, 2.05) is 17.7 Å². The van der Waals surface area contributed by atoms with E-state index in [9.17, 15) is 0 Å². The maximum atomic E-state index is 5.93. The van der Waals surface area contributed by atoms with Gasteiger partial charge in [0.2, 0.25) is 0 Å². The van der Waals surface area contributed by atoms with Gasteiger partial charge in [0.05, 0.1) is 12.7 Å². The summed E-state index contributed by atoms with van der Waals surface area (Å²) in [5.41, 5.74) is 0. The standard InChI is InChI=1S/C13H26O4S2/c1-9-11(16-8-18-19-13(2,3)4)12(15-6)10(17-9)7-14-5/h9-12H,7-8H2,1-6H3/t9-,10+,11?,12?/m0/s1. The molecule has 0 aromatic carbocycles. The average Bonchev–Trinajstić information content (AvgIpc) is 2.60. The molecule has 19 heavy (non-hydrogen) atoms. The summed E-state index contributed by atoms with van der Waals surface area (Å²) in [6.07, 6.45) is -0.103. The molecule has 0 aromatic heterocycles. The van der Waals surface area contributed by atoms with Gasteiger partial charge in [-0.15, -0.1) is 0 Å². The number of hydrogen-bond acceptors (Lipinski definition) is 6. The van der Waals surface area contributed by atoms with Gasteiger partial charge in [-0.25, -0.2) is 0 Å². The zero-order chi connectivity index (χ0) is 14.5. The van der Waals surface area contributed by atoms with Crippen molar-refractivity contribution in [3.8, 4) is 0 Å². The largest absolute Gasteiger partial charge is 0.382 e. The molecule has 1 heterocycles. The number of ether oxygens (including phenoxy) is 4. The first kappa shape index (κ1) is 17.6. The maximum absolute atomic E-state index is 5.93. The minimum absolute atomic E-state index is 0.0294. The van der Waals surface area contributed by atoms with Crippen LogP contribution in [0.2, 0.25) is 0 Å². The second-order valence-corrected chi connectivity index (χ2v) is 8.67. The highest BCUT2D eigenvalue weighted by atomic mass is 33.1. The first-order valence-electron chi connectivity index (χ1n) is 6.48. The fourth-order valence-corrected chi connectivity index (χ4v) is 4.02. The second-order valence-electron chi connectivity index (χ2n) is 5.60. The van der Waals surface area contributed by atoms with Gasteiger partial charge < -0.3 is 18.9 Å². The van der Waals surface area contributed by atoms with Crippen molar-refractivity contribution in [2.45, 2.75) is 56.9 Å². The zero-order valence-electron chi connectivity index (χ0n) is 12.7. The smallest absolute Gasteiger partial charge is 0.114 e. The van der Waals surface area contributed by atoms with E-state index in [0.717, 1.165) is 0 Å². The minimum Gasteiger partial charge on any atom is -0.382 e. The summed E-state index contributed by atoms with van der Waals surface area (Å²) in [6.45, 7) is 9.14. The highest BCUT2D eigenvalue weighted by Gasteiger charge is 2.43. The van der Waals surface area contributed by atoms with E-state index in [1.54, 1.807) is 25.0 Å². The van der Waals surface area contributed by atoms with E-state index >= 15 is 0 Å². The van der Waals surface area contributed by atoms with E-state index < -0.39 is 0 Å². The van der Waals surface area contributed by atoms with Crippen molar-refractivity contribution in [3.05, 3.63) is 0 Å². The Morgan fingerprint density at radius 2 is 1.84 bits per heavy atom. The molecule has 0 radical (unpaired) electrons. The quantitative estimate of drug-likeness (QED) is 0.409. The van der Waals surface area contributed by atoms with Gasteiger partial charge >= 0.3 is 0 Å². The molecule has 1 rings (SSSR count). The third-order valence-electron chi connectivity index (χ3n) is 2.76. The lowest BCUT2D eigenvalue weighted by Crippen LogP contribution is -2.37. The molecule has 2 unspecified atom stereocenters. The fourth-order valence-electron chi connectivity index (χ4n) is 2.03. The highest BCUT2D eigenvalue weighted by Crippen LogP contribution is 2.36. The third kappa shape index (κ3) is 5.81. The molecule has 114 valence electrons. The molecule has 0 spiro atoms. The number of hydrogen-bond donors (Lipinski definition) is 0. The summed E-state index contributed by atoms with van der Waals surface area (Å²) in [7, 11) is 6.92. The van der Waals surface area contributed by atoms with Gasteiger partial charge in [-0.1, -0.05) is 42.4 Å². The van der Waals surface area contributed by atoms with Crippen LogP contribution in [0.5, 0.6) is 0 Å². The van der Waals surface area contributed by atoms with Crippen LogP contribution in [-0.4, -0.2) is 55.9 Å². The fraction of sp³-hybridized carbons (Fsp3) is 1.00. The Morgan fingerprint density at radius 3 is 2.37 bits per heavy atom. The van der Waals surface area contributed by atoms with Crippen LogP contribution < -0.4 is 0 Å². The maximum Gasteiger partial charge on any atom is 0.114 e. The van der Waals surface area contributed by atoms with Gasteiger partial charge in [0, 0.05) is 19.0 Å². The van der Waals surface area contributed by atoms with Gasteiger partial charge in [-0.05, 0) is 6.92 Å². The van der Waals surface area contributed by atoms with Crippen molar-refractivity contribution in [3.63, 3.8) is 0 Å². The van der Waals surface area contributed by atoms with Crippen molar-refractivity contribution >= 4 is 21.6 Å². The summed E-state index contributed by atoms with van der Waals surface area (Å²) < 4.78 is 22.7. The molecule has 0 amide bonds. The third-order valence-corrected chi connectivity index (χ3v) is 5.76. The molecule has 6 heteroatoms. The van der Waals surface area contributed by atoms with Gasteiger partial charge in [0.25, 0.3) is 0 Å². The lowest BCUT2D eigenvalue weighted by Gasteiger charge is -2.23. The van der Waals surface area contributed by atoms with E-state index in [0.29, 0.717) is 12.5 Å². The molecule has 0 aliphatic carbocycles. The van der Waals surface area contributed by atoms with Gasteiger partial charge in [-0.2, -0.15) is 0 Å². The van der Waals surface area contributed by atoms with Crippen molar-refractivity contribution in [2.24, 2.45) is 0 Å². The molecule has 1 fully saturated rings. The molecule has 0 saturated carbocycles. The Morgan fingerprint density at radius 1 is 1.16 bits per heavy atom. The molecular formula is C13H26O4S2. The summed E-state index contributed by atoms with van der Waals surface area (Å²) >= 11 is 0. The summed E-state index contributed by atoms with van der Waals surface area (Å²) in [5, 5.41) is 0. The first-order valence-corrected chi connectivity index (χ1v) is 8.80. The highest BCUT2D eigenvalue weighted by molar-refractivity contribution is 8.77. The van der Waals surface area contributed by atoms with Crippen molar-refractivity contribution in [2.75, 3.05) is 26.8 Å². The van der Waals surface area contributed by atoms with Crippen LogP contribution in [0.25, 0.3) is 0 Å². The molecule has 1 aliphatic heterocycles. The topological polar surface area (TPSA) is 36.9 Å². The van der Waals surface area contributed by atoms with E-state index in [2.05, 4.69) is 20.8 Å². The van der Waals surface area contributed by atoms with Crippen LogP contribution in [0, 0.1) is 0 Å². The Bertz CT molecular complexity index is 258. The molecule has 0 bridgehead atoms. The van der Waals surface area contributed by atoms with E-state index in [1.165, 1.54) is 0 Å². The van der Waals surface area contributed by atoms with Crippen LogP contribution in [0.3, 0.4) is 0 Å². The summed E-state index contributed by atoms with van der Waals surface area (Å²) in [6, 6.07) is 0. The summed E-state index contributed by atoms with van der Waals surface area (Å²) in [4.78, 5) is 0. The molecule has 1 saturated heterocycles. The molecule has 4 nitrogen and oxygen atoms in total. The van der Waals surface area contributed by atoms with Gasteiger partial charge in [0.1, 0.15) is 24.3 Å². The van der Waals surface area contributed by atoms with Crippen molar-refractivity contribution < 1.29 is 18.9 Å². The lowest BCUT2D eigenvalue weighted by atomic mass is 10.1. The van der Waals surface area contributed by atoms with Gasteiger partial charge in [-0.3, -0.25) is 0 Å². The lowest BCUT2D eigenvalue weighted by molar-refractivity contribution is -0.0485. The predicted octanol–water partition coefficient (Wildman–Crippen LogP) is 2.96. The molecule has 4 atom stereocenters. The van der Waals surface area contributed by atoms with Crippen molar-refractivity contribution in [1.82, 2.24) is 0 Å². The molecule has 1 aliphatic rings. The molecule has 0 N–H and O–H groups in total. The number of methoxy groups -OCH3 is 2. The van der Waals surface area contributed by atoms with Crippen LogP contribution >= 0.6 is 21.6 Å². The first-order chi connectivity index (χ1) is 8.89. The Kier molecular flexibility index (Phi) is 7.50. The normalized spacial score (nSPS) is 31.9. The van der Waals surface area contributed by atoms with Crippen molar-refractivity contribution in [1.29, 1.82) is 0 Å². The van der Waals surface area contributed by atoms with Crippen LogP contribution in [0.15, 0.2) is 0 Å². The summed E-state index contributed by atoms with van der Waals surface area (Å²) in [5.74, 6) is 0.639. The Labute approximate surface area is 124 Å². The number of rotatable bonds is 7. The minimum atomic E-state index is -0.0600. The second kappa shape index (κ2) is 8.10. The van der Waals surface area contributed by atoms with Crippen LogP contribution in [0.4, 0.5) is 0 Å². The molecule has 0 aromatic rings. The Hall–Kier alpha value is 0.540. The van der Waals surface area contributed by atoms with Crippen LogP contribution in [-0.2, 0) is 18.9 Å². The predicted molar refractivity (Wildman–Crippen MR) is 81.7 cm³/mol.